The van der Waals surface area contributed by atoms with Crippen molar-refractivity contribution in [2.45, 2.75) is 65.3 Å². The van der Waals surface area contributed by atoms with Gasteiger partial charge in [0.1, 0.15) is 0 Å². The fourth-order valence-electron chi connectivity index (χ4n) is 5.48. The monoisotopic (exact) mass is 513 g/mol. The van der Waals surface area contributed by atoms with Crippen molar-refractivity contribution in [3.8, 4) is 5.69 Å². The zero-order chi connectivity index (χ0) is 26.9. The molecule has 0 radical (unpaired) electrons. The summed E-state index contributed by atoms with van der Waals surface area (Å²) >= 11 is 0. The SMILES string of the molecule is Cc1cc(NC(=O)c2cnn(-c3ccc(C(C)(C)C)cc3)c2C)cnc1C1=CCC(N2CCOCC2)CC1. The van der Waals surface area contributed by atoms with Crippen molar-refractivity contribution >= 4 is 17.2 Å². The van der Waals surface area contributed by atoms with Crippen molar-refractivity contribution in [1.29, 1.82) is 0 Å². The lowest BCUT2D eigenvalue weighted by atomic mass is 9.87. The van der Waals surface area contributed by atoms with Gasteiger partial charge in [0.25, 0.3) is 5.91 Å². The highest BCUT2D eigenvalue weighted by atomic mass is 16.5. The predicted octanol–water partition coefficient (Wildman–Crippen LogP) is 5.70. The van der Waals surface area contributed by atoms with Gasteiger partial charge in [0.15, 0.2) is 0 Å². The molecule has 7 heteroatoms. The molecule has 1 aliphatic heterocycles. The number of pyridine rings is 1. The van der Waals surface area contributed by atoms with Crippen molar-refractivity contribution in [3.05, 3.63) is 76.9 Å². The average molecular weight is 514 g/mol. The number of carbonyl (C=O) groups is 1. The van der Waals surface area contributed by atoms with Crippen LogP contribution in [-0.2, 0) is 10.2 Å². The van der Waals surface area contributed by atoms with Crippen molar-refractivity contribution in [3.63, 3.8) is 0 Å². The average Bonchev–Trinajstić information content (AvgIpc) is 3.30. The third kappa shape index (κ3) is 5.59. The molecule has 1 saturated heterocycles. The van der Waals surface area contributed by atoms with Gasteiger partial charge in [-0.2, -0.15) is 5.10 Å². The molecule has 0 bridgehead atoms. The van der Waals surface area contributed by atoms with Crippen LogP contribution in [0.3, 0.4) is 0 Å². The first kappa shape index (κ1) is 26.3. The van der Waals surface area contributed by atoms with Crippen LogP contribution < -0.4 is 5.32 Å². The maximum absolute atomic E-state index is 13.1. The van der Waals surface area contributed by atoms with Crippen LogP contribution in [0.1, 0.15) is 72.9 Å². The maximum atomic E-state index is 13.1. The summed E-state index contributed by atoms with van der Waals surface area (Å²) in [6.07, 6.45) is 8.97. The number of hydrogen-bond donors (Lipinski definition) is 1. The Kier molecular flexibility index (Phi) is 7.50. The second-order valence-corrected chi connectivity index (χ2v) is 11.5. The number of rotatable bonds is 5. The Morgan fingerprint density at radius 2 is 1.82 bits per heavy atom. The first-order valence-corrected chi connectivity index (χ1v) is 13.7. The Morgan fingerprint density at radius 1 is 1.08 bits per heavy atom. The summed E-state index contributed by atoms with van der Waals surface area (Å²) < 4.78 is 7.32. The summed E-state index contributed by atoms with van der Waals surface area (Å²) in [5.41, 5.74) is 7.74. The Bertz CT molecular complexity index is 1330. The smallest absolute Gasteiger partial charge is 0.259 e. The fraction of sp³-hybridized carbons (Fsp3) is 0.452. The summed E-state index contributed by atoms with van der Waals surface area (Å²) in [4.78, 5) is 20.4. The van der Waals surface area contributed by atoms with Crippen molar-refractivity contribution in [1.82, 2.24) is 19.7 Å². The van der Waals surface area contributed by atoms with Crippen LogP contribution in [0.5, 0.6) is 0 Å². The number of amides is 1. The van der Waals surface area contributed by atoms with Crippen LogP contribution in [0, 0.1) is 13.8 Å². The molecule has 1 aromatic carbocycles. The van der Waals surface area contributed by atoms with Gasteiger partial charge in [0, 0.05) is 19.1 Å². The lowest BCUT2D eigenvalue weighted by Crippen LogP contribution is -2.43. The van der Waals surface area contributed by atoms with Crippen LogP contribution in [0.15, 0.2) is 48.8 Å². The van der Waals surface area contributed by atoms with Gasteiger partial charge in [-0.3, -0.25) is 14.7 Å². The predicted molar refractivity (Wildman–Crippen MR) is 152 cm³/mol. The number of anilines is 1. The van der Waals surface area contributed by atoms with E-state index in [4.69, 9.17) is 9.72 Å². The van der Waals surface area contributed by atoms with Crippen LogP contribution >= 0.6 is 0 Å². The van der Waals surface area contributed by atoms with E-state index < -0.39 is 0 Å². The van der Waals surface area contributed by atoms with Crippen LogP contribution in [0.4, 0.5) is 5.69 Å². The highest BCUT2D eigenvalue weighted by Crippen LogP contribution is 2.31. The summed E-state index contributed by atoms with van der Waals surface area (Å²) in [7, 11) is 0. The van der Waals surface area contributed by atoms with E-state index in [1.807, 2.05) is 17.7 Å². The number of carbonyl (C=O) groups excluding carboxylic acids is 1. The molecule has 2 aromatic heterocycles. The van der Waals surface area contributed by atoms with Gasteiger partial charge in [-0.1, -0.05) is 39.0 Å². The number of morpholine rings is 1. The quantitative estimate of drug-likeness (QED) is 0.474. The molecule has 1 unspecified atom stereocenters. The lowest BCUT2D eigenvalue weighted by molar-refractivity contribution is 0.0150. The molecule has 5 rings (SSSR count). The van der Waals surface area contributed by atoms with Crippen LogP contribution in [0.25, 0.3) is 11.3 Å². The van der Waals surface area contributed by atoms with E-state index in [-0.39, 0.29) is 11.3 Å². The van der Waals surface area contributed by atoms with Crippen molar-refractivity contribution in [2.75, 3.05) is 31.6 Å². The molecule has 0 spiro atoms. The van der Waals surface area contributed by atoms with Gasteiger partial charge in [-0.05, 0) is 73.4 Å². The van der Waals surface area contributed by atoms with Gasteiger partial charge in [0.2, 0.25) is 0 Å². The molecule has 3 aromatic rings. The molecule has 1 fully saturated rings. The Morgan fingerprint density at radius 3 is 2.45 bits per heavy atom. The Labute approximate surface area is 225 Å². The second kappa shape index (κ2) is 10.8. The number of benzene rings is 1. The van der Waals surface area contributed by atoms with E-state index in [0.717, 1.165) is 68.2 Å². The van der Waals surface area contributed by atoms with Gasteiger partial charge in [-0.15, -0.1) is 0 Å². The number of allylic oxidation sites excluding steroid dienone is 1. The molecule has 0 saturated carbocycles. The minimum Gasteiger partial charge on any atom is -0.379 e. The van der Waals surface area contributed by atoms with Crippen LogP contribution in [-0.4, -0.2) is 57.9 Å². The zero-order valence-electron chi connectivity index (χ0n) is 23.3. The summed E-state index contributed by atoms with van der Waals surface area (Å²) in [5.74, 6) is -0.181. The summed E-state index contributed by atoms with van der Waals surface area (Å²) in [6, 6.07) is 11.0. The summed E-state index contributed by atoms with van der Waals surface area (Å²) in [6.45, 7) is 14.3. The molecule has 7 nitrogen and oxygen atoms in total. The minimum atomic E-state index is -0.181. The normalized spacial score (nSPS) is 18.8. The third-order valence-corrected chi connectivity index (χ3v) is 7.82. The fourth-order valence-corrected chi connectivity index (χ4v) is 5.48. The van der Waals surface area contributed by atoms with Gasteiger partial charge >= 0.3 is 0 Å². The first-order chi connectivity index (χ1) is 18.2. The van der Waals surface area contributed by atoms with Gasteiger partial charge in [0.05, 0.1) is 53.9 Å². The number of nitrogens with zero attached hydrogens (tertiary/aromatic N) is 4. The molecule has 1 N–H and O–H groups in total. The molecule has 1 amide bonds. The standard InChI is InChI=1S/C31H39N5O2/c1-21-18-25(19-32-29(21)23-6-10-26(11-7-23)35-14-16-38-17-15-35)34-30(37)28-20-33-36(22(28)2)27-12-8-24(9-13-27)31(3,4)5/h6,8-9,12-13,18-20,26H,7,10-11,14-17H2,1-5H3,(H,34,37). The first-order valence-electron chi connectivity index (χ1n) is 13.7. The topological polar surface area (TPSA) is 72.3 Å². The number of nitrogens with one attached hydrogen (secondary N) is 1. The van der Waals surface area contributed by atoms with Crippen molar-refractivity contribution in [2.24, 2.45) is 0 Å². The number of aryl methyl sites for hydroxylation is 1. The number of aromatic nitrogens is 3. The van der Waals surface area contributed by atoms with Crippen molar-refractivity contribution < 1.29 is 9.53 Å². The van der Waals surface area contributed by atoms with E-state index in [1.54, 1.807) is 12.4 Å². The van der Waals surface area contributed by atoms with E-state index in [9.17, 15) is 4.79 Å². The summed E-state index contributed by atoms with van der Waals surface area (Å²) in [5, 5.41) is 7.52. The highest BCUT2D eigenvalue weighted by molar-refractivity contribution is 6.05. The molecular weight excluding hydrogens is 474 g/mol. The molecule has 1 aliphatic carbocycles. The molecule has 1 atom stereocenters. The van der Waals surface area contributed by atoms with E-state index >= 15 is 0 Å². The largest absolute Gasteiger partial charge is 0.379 e. The lowest BCUT2D eigenvalue weighted by Gasteiger charge is -2.36. The molecule has 38 heavy (non-hydrogen) atoms. The van der Waals surface area contributed by atoms with E-state index in [1.165, 1.54) is 11.1 Å². The van der Waals surface area contributed by atoms with E-state index in [2.05, 4.69) is 73.4 Å². The maximum Gasteiger partial charge on any atom is 0.259 e. The zero-order valence-corrected chi connectivity index (χ0v) is 23.3. The molecule has 2 aliphatic rings. The number of hydrogen-bond acceptors (Lipinski definition) is 5. The van der Waals surface area contributed by atoms with E-state index in [0.29, 0.717) is 17.3 Å². The second-order valence-electron chi connectivity index (χ2n) is 11.5. The Hall–Kier alpha value is -3.29. The molecule has 3 heterocycles. The van der Waals surface area contributed by atoms with Gasteiger partial charge in [-0.25, -0.2) is 4.68 Å². The third-order valence-electron chi connectivity index (χ3n) is 7.82. The number of ether oxygens (including phenoxy) is 1. The molecular formula is C31H39N5O2. The highest BCUT2D eigenvalue weighted by Gasteiger charge is 2.24. The minimum absolute atomic E-state index is 0.0866. The van der Waals surface area contributed by atoms with Crippen LogP contribution in [0.2, 0.25) is 0 Å². The molecule has 200 valence electrons. The Balaban J connectivity index is 1.25. The van der Waals surface area contributed by atoms with Gasteiger partial charge < -0.3 is 10.1 Å².